The van der Waals surface area contributed by atoms with E-state index in [1.165, 1.54) is 0 Å². The van der Waals surface area contributed by atoms with Crippen molar-refractivity contribution in [2.75, 3.05) is 26.2 Å². The maximum Gasteiger partial charge on any atom is 0.317 e. The zero-order chi connectivity index (χ0) is 21.2. The third-order valence-electron chi connectivity index (χ3n) is 3.76. The summed E-state index contributed by atoms with van der Waals surface area (Å²) in [4.78, 5) is 57.1. The molecule has 8 N–H and O–H groups in total. The van der Waals surface area contributed by atoms with E-state index in [1.54, 1.807) is 0 Å². The van der Waals surface area contributed by atoms with Crippen LogP contribution >= 0.6 is 0 Å². The van der Waals surface area contributed by atoms with Gasteiger partial charge in [-0.1, -0.05) is 0 Å². The maximum atomic E-state index is 11.4. The first-order valence-corrected chi connectivity index (χ1v) is 7.72. The van der Waals surface area contributed by atoms with Gasteiger partial charge in [-0.3, -0.25) is 28.9 Å². The number of nitrogens with two attached hydrogens (primary N) is 1. The normalized spacial score (nSPS) is 12.5. The maximum absolute atomic E-state index is 11.4. The molecule has 13 nitrogen and oxygen atoms in total. The number of nitrogens with zero attached hydrogens (tertiary/aromatic N) is 1. The van der Waals surface area contributed by atoms with Gasteiger partial charge in [-0.15, -0.1) is 0 Å². The molecule has 0 heterocycles. The molecule has 0 radical (unpaired) electrons. The number of nitrogens with one attached hydrogen (secondary N) is 1. The number of aliphatic carboxylic acids is 5. The zero-order valence-corrected chi connectivity index (χ0v) is 14.3. The lowest BCUT2D eigenvalue weighted by Crippen LogP contribution is -2.65. The van der Waals surface area contributed by atoms with Crippen LogP contribution in [0.4, 0.5) is 0 Å². The average molecular weight is 393 g/mol. The largest absolute Gasteiger partial charge is 0.481 e. The van der Waals surface area contributed by atoms with Gasteiger partial charge in [0.15, 0.2) is 0 Å². The van der Waals surface area contributed by atoms with Crippen molar-refractivity contribution in [2.24, 2.45) is 5.73 Å². The first-order valence-electron chi connectivity index (χ1n) is 7.72. The highest BCUT2D eigenvalue weighted by Crippen LogP contribution is 2.31. The zero-order valence-electron chi connectivity index (χ0n) is 14.3. The summed E-state index contributed by atoms with van der Waals surface area (Å²) in [7, 11) is 0. The van der Waals surface area contributed by atoms with E-state index in [-0.39, 0.29) is 13.1 Å². The number of carboxylic acid groups (broad SMARTS) is 5. The molecular formula is C14H23N3O10. The second-order valence-corrected chi connectivity index (χ2v) is 5.78. The molecule has 0 aliphatic heterocycles. The molecule has 0 amide bonds. The van der Waals surface area contributed by atoms with Gasteiger partial charge in [0, 0.05) is 19.1 Å². The molecule has 1 unspecified atom stereocenters. The molecule has 154 valence electrons. The Bertz CT molecular complexity index is 547. The Kier molecular flexibility index (Phi) is 9.92. The van der Waals surface area contributed by atoms with Crippen LogP contribution in [0.25, 0.3) is 0 Å². The van der Waals surface area contributed by atoms with E-state index in [1.807, 2.05) is 0 Å². The van der Waals surface area contributed by atoms with E-state index in [4.69, 9.17) is 21.1 Å². The Hall–Kier alpha value is -2.77. The van der Waals surface area contributed by atoms with Crippen LogP contribution in [0, 0.1) is 0 Å². The number of carbonyl (C=O) groups is 5. The predicted molar refractivity (Wildman–Crippen MR) is 87.2 cm³/mol. The smallest absolute Gasteiger partial charge is 0.317 e. The van der Waals surface area contributed by atoms with Crippen LogP contribution in [0.15, 0.2) is 0 Å². The predicted octanol–water partition coefficient (Wildman–Crippen LogP) is -2.46. The van der Waals surface area contributed by atoms with Gasteiger partial charge in [-0.2, -0.15) is 0 Å². The molecule has 1 atom stereocenters. The van der Waals surface area contributed by atoms with E-state index in [0.717, 1.165) is 0 Å². The van der Waals surface area contributed by atoms with Gasteiger partial charge in [0.25, 0.3) is 0 Å². The van der Waals surface area contributed by atoms with Crippen molar-refractivity contribution in [3.05, 3.63) is 0 Å². The summed E-state index contributed by atoms with van der Waals surface area (Å²) in [5.74, 6) is -7.60. The van der Waals surface area contributed by atoms with Crippen molar-refractivity contribution < 1.29 is 49.5 Å². The molecule has 0 aromatic carbocycles. The Morgan fingerprint density at radius 2 is 1.26 bits per heavy atom. The van der Waals surface area contributed by atoms with Gasteiger partial charge in [0.1, 0.15) is 0 Å². The van der Waals surface area contributed by atoms with Gasteiger partial charge in [-0.05, 0) is 0 Å². The standard InChI is InChI=1S/C14H23N3O10/c15-1-2-16-8(3-9(18)19)14(4-10(20)21,5-11(22)23)17(6-12(24)25)7-13(26)27/h8,16H,1-7,15H2,(H,18,19)(H,20,21)(H,22,23)(H,24,25)(H,26,27). The van der Waals surface area contributed by atoms with Gasteiger partial charge in [-0.25, -0.2) is 0 Å². The molecule has 0 rings (SSSR count). The number of hydrogen-bond acceptors (Lipinski definition) is 8. The van der Waals surface area contributed by atoms with Gasteiger partial charge < -0.3 is 36.6 Å². The number of carboxylic acids is 5. The number of hydrogen-bond donors (Lipinski definition) is 7. The van der Waals surface area contributed by atoms with E-state index in [2.05, 4.69) is 5.32 Å². The third-order valence-corrected chi connectivity index (χ3v) is 3.76. The van der Waals surface area contributed by atoms with Crippen LogP contribution in [0.5, 0.6) is 0 Å². The van der Waals surface area contributed by atoms with Crippen LogP contribution < -0.4 is 11.1 Å². The van der Waals surface area contributed by atoms with Gasteiger partial charge in [0.05, 0.1) is 37.9 Å². The molecule has 0 bridgehead atoms. The topological polar surface area (TPSA) is 228 Å². The second kappa shape index (κ2) is 11.1. The summed E-state index contributed by atoms with van der Waals surface area (Å²) in [6.45, 7) is -2.06. The molecule has 13 heteroatoms. The molecule has 0 spiro atoms. The Balaban J connectivity index is 6.46. The fraction of sp³-hybridized carbons (Fsp3) is 0.643. The van der Waals surface area contributed by atoms with Crippen molar-refractivity contribution in [3.8, 4) is 0 Å². The summed E-state index contributed by atoms with van der Waals surface area (Å²) in [6.07, 6.45) is -2.79. The summed E-state index contributed by atoms with van der Waals surface area (Å²) in [6, 6.07) is -1.40. The summed E-state index contributed by atoms with van der Waals surface area (Å²) >= 11 is 0. The first kappa shape index (κ1) is 24.2. The summed E-state index contributed by atoms with van der Waals surface area (Å²) < 4.78 is 0. The summed E-state index contributed by atoms with van der Waals surface area (Å²) in [5.41, 5.74) is 3.20. The molecule has 0 aliphatic rings. The lowest BCUT2D eigenvalue weighted by atomic mass is 9.79. The van der Waals surface area contributed by atoms with Crippen molar-refractivity contribution in [2.45, 2.75) is 30.8 Å². The Morgan fingerprint density at radius 1 is 0.815 bits per heavy atom. The van der Waals surface area contributed by atoms with E-state index in [0.29, 0.717) is 4.90 Å². The SMILES string of the molecule is NCCNC(CC(=O)O)C(CC(=O)O)(CC(=O)O)N(CC(=O)O)CC(=O)O. The Labute approximate surface area is 153 Å². The average Bonchev–Trinajstić information content (AvgIpc) is 2.47. The molecule has 0 aromatic rings. The van der Waals surface area contributed by atoms with Crippen molar-refractivity contribution in [1.29, 1.82) is 0 Å². The Morgan fingerprint density at radius 3 is 1.56 bits per heavy atom. The van der Waals surface area contributed by atoms with Crippen molar-refractivity contribution in [1.82, 2.24) is 10.2 Å². The molecular weight excluding hydrogens is 370 g/mol. The molecule has 0 saturated heterocycles. The highest BCUT2D eigenvalue weighted by molar-refractivity contribution is 5.77. The molecule has 0 aromatic heterocycles. The molecule has 27 heavy (non-hydrogen) atoms. The van der Waals surface area contributed by atoms with Crippen LogP contribution in [0.2, 0.25) is 0 Å². The second-order valence-electron chi connectivity index (χ2n) is 5.78. The molecule has 0 saturated carbocycles. The minimum absolute atomic E-state index is 0.00972. The highest BCUT2D eigenvalue weighted by atomic mass is 16.4. The van der Waals surface area contributed by atoms with E-state index < -0.39 is 73.8 Å². The monoisotopic (exact) mass is 393 g/mol. The minimum Gasteiger partial charge on any atom is -0.481 e. The van der Waals surface area contributed by atoms with Crippen LogP contribution in [0.1, 0.15) is 19.3 Å². The van der Waals surface area contributed by atoms with Crippen molar-refractivity contribution in [3.63, 3.8) is 0 Å². The fourth-order valence-corrected chi connectivity index (χ4v) is 2.86. The van der Waals surface area contributed by atoms with Crippen LogP contribution in [-0.2, 0) is 24.0 Å². The van der Waals surface area contributed by atoms with Crippen LogP contribution in [0.3, 0.4) is 0 Å². The first-order chi connectivity index (χ1) is 12.4. The van der Waals surface area contributed by atoms with Crippen molar-refractivity contribution >= 4 is 29.8 Å². The van der Waals surface area contributed by atoms with E-state index >= 15 is 0 Å². The van der Waals surface area contributed by atoms with Gasteiger partial charge >= 0.3 is 29.8 Å². The number of rotatable bonds is 15. The summed E-state index contributed by atoms with van der Waals surface area (Å²) in [5, 5.41) is 48.5. The third kappa shape index (κ3) is 8.44. The van der Waals surface area contributed by atoms with Crippen LogP contribution in [-0.4, -0.2) is 98.0 Å². The fourth-order valence-electron chi connectivity index (χ4n) is 2.86. The lowest BCUT2D eigenvalue weighted by Gasteiger charge is -2.46. The van der Waals surface area contributed by atoms with E-state index in [9.17, 15) is 34.2 Å². The quantitative estimate of drug-likeness (QED) is 0.153. The minimum atomic E-state index is -2.15. The lowest BCUT2D eigenvalue weighted by molar-refractivity contribution is -0.157. The molecule has 0 fully saturated rings. The molecule has 0 aliphatic carbocycles. The van der Waals surface area contributed by atoms with Gasteiger partial charge in [0.2, 0.25) is 0 Å². The highest BCUT2D eigenvalue weighted by Gasteiger charge is 2.49.